The van der Waals surface area contributed by atoms with E-state index in [4.69, 9.17) is 8.83 Å². The summed E-state index contributed by atoms with van der Waals surface area (Å²) in [6.07, 6.45) is 0.275. The SMILES string of the molecule is CC[C@@H](C)[C@H](NC(=O)CNC(=O)Cc1c(C)c2cc3c(-c4ccccc4)c(C)oc3cc2oc1=O)C(=O)O. The highest BCUT2D eigenvalue weighted by molar-refractivity contribution is 6.03. The summed E-state index contributed by atoms with van der Waals surface area (Å²) >= 11 is 0. The number of amides is 2. The molecule has 2 heterocycles. The highest BCUT2D eigenvalue weighted by atomic mass is 16.4. The molecular formula is C29H30N2O7. The fourth-order valence-electron chi connectivity index (χ4n) is 4.58. The van der Waals surface area contributed by atoms with Crippen LogP contribution in [0, 0.1) is 19.8 Å². The normalized spacial score (nSPS) is 12.8. The third kappa shape index (κ3) is 5.32. The number of carbonyl (C=O) groups is 3. The third-order valence-corrected chi connectivity index (χ3v) is 6.91. The number of hydrogen-bond donors (Lipinski definition) is 3. The lowest BCUT2D eigenvalue weighted by molar-refractivity contribution is -0.143. The van der Waals surface area contributed by atoms with E-state index in [1.165, 1.54) is 0 Å². The maximum Gasteiger partial charge on any atom is 0.340 e. The minimum absolute atomic E-state index is 0.180. The van der Waals surface area contributed by atoms with E-state index in [0.29, 0.717) is 28.5 Å². The van der Waals surface area contributed by atoms with Crippen molar-refractivity contribution < 1.29 is 28.3 Å². The van der Waals surface area contributed by atoms with Gasteiger partial charge in [0.05, 0.1) is 18.5 Å². The monoisotopic (exact) mass is 518 g/mol. The van der Waals surface area contributed by atoms with Crippen molar-refractivity contribution in [1.29, 1.82) is 0 Å². The van der Waals surface area contributed by atoms with Gasteiger partial charge in [0, 0.05) is 22.4 Å². The van der Waals surface area contributed by atoms with Gasteiger partial charge in [0.1, 0.15) is 23.0 Å². The first-order valence-electron chi connectivity index (χ1n) is 12.4. The number of nitrogens with one attached hydrogen (secondary N) is 2. The summed E-state index contributed by atoms with van der Waals surface area (Å²) in [4.78, 5) is 49.1. The van der Waals surface area contributed by atoms with Gasteiger partial charge in [-0.25, -0.2) is 9.59 Å². The number of fused-ring (bicyclic) bond motifs is 2. The Labute approximate surface area is 218 Å². The fourth-order valence-corrected chi connectivity index (χ4v) is 4.58. The Morgan fingerprint density at radius 1 is 0.974 bits per heavy atom. The molecule has 9 heteroatoms. The number of hydrogen-bond acceptors (Lipinski definition) is 6. The van der Waals surface area contributed by atoms with Crippen molar-refractivity contribution in [2.75, 3.05) is 6.54 Å². The molecule has 198 valence electrons. The summed E-state index contributed by atoms with van der Waals surface area (Å²) in [6, 6.07) is 12.3. The van der Waals surface area contributed by atoms with Crippen LogP contribution >= 0.6 is 0 Å². The maximum absolute atomic E-state index is 12.8. The molecule has 0 aliphatic rings. The molecule has 0 saturated heterocycles. The second kappa shape index (κ2) is 10.9. The zero-order valence-corrected chi connectivity index (χ0v) is 21.7. The van der Waals surface area contributed by atoms with Gasteiger partial charge in [0.2, 0.25) is 11.8 Å². The van der Waals surface area contributed by atoms with Crippen molar-refractivity contribution in [1.82, 2.24) is 10.6 Å². The van der Waals surface area contributed by atoms with E-state index in [2.05, 4.69) is 10.6 Å². The maximum atomic E-state index is 12.8. The van der Waals surface area contributed by atoms with Crippen molar-refractivity contribution in [2.45, 2.75) is 46.6 Å². The van der Waals surface area contributed by atoms with Crippen molar-refractivity contribution in [3.63, 3.8) is 0 Å². The number of rotatable bonds is 9. The van der Waals surface area contributed by atoms with Crippen LogP contribution in [0.5, 0.6) is 0 Å². The Morgan fingerprint density at radius 3 is 2.32 bits per heavy atom. The van der Waals surface area contributed by atoms with Crippen LogP contribution in [0.1, 0.15) is 37.2 Å². The number of furan rings is 1. The minimum Gasteiger partial charge on any atom is -0.480 e. The van der Waals surface area contributed by atoms with Crippen molar-refractivity contribution >= 4 is 39.7 Å². The molecule has 4 rings (SSSR count). The highest BCUT2D eigenvalue weighted by Gasteiger charge is 2.25. The summed E-state index contributed by atoms with van der Waals surface area (Å²) < 4.78 is 11.5. The van der Waals surface area contributed by atoms with E-state index < -0.39 is 36.0 Å². The number of carbonyl (C=O) groups excluding carboxylic acids is 2. The molecule has 0 fully saturated rings. The van der Waals surface area contributed by atoms with Crippen LogP contribution in [0.3, 0.4) is 0 Å². The zero-order valence-electron chi connectivity index (χ0n) is 21.7. The van der Waals surface area contributed by atoms with Gasteiger partial charge in [-0.1, -0.05) is 50.6 Å². The predicted molar refractivity (Wildman–Crippen MR) is 143 cm³/mol. The van der Waals surface area contributed by atoms with Gasteiger partial charge in [-0.2, -0.15) is 0 Å². The van der Waals surface area contributed by atoms with Gasteiger partial charge in [-0.15, -0.1) is 0 Å². The summed E-state index contributed by atoms with van der Waals surface area (Å²) in [5, 5.41) is 15.8. The topological polar surface area (TPSA) is 139 Å². The van der Waals surface area contributed by atoms with Crippen molar-refractivity contribution in [3.05, 3.63) is 69.8 Å². The quantitative estimate of drug-likeness (QED) is 0.284. The Balaban J connectivity index is 1.57. The molecule has 0 spiro atoms. The van der Waals surface area contributed by atoms with Gasteiger partial charge < -0.3 is 24.6 Å². The summed E-state index contributed by atoms with van der Waals surface area (Å²) in [7, 11) is 0. The molecule has 0 bridgehead atoms. The second-order valence-electron chi connectivity index (χ2n) is 9.46. The zero-order chi connectivity index (χ0) is 27.6. The van der Waals surface area contributed by atoms with Crippen LogP contribution in [0.2, 0.25) is 0 Å². The molecule has 4 aromatic rings. The first-order valence-corrected chi connectivity index (χ1v) is 12.4. The Bertz CT molecular complexity index is 1580. The molecule has 2 amide bonds. The lowest BCUT2D eigenvalue weighted by Gasteiger charge is -2.20. The third-order valence-electron chi connectivity index (χ3n) is 6.91. The van der Waals surface area contributed by atoms with Gasteiger partial charge in [-0.3, -0.25) is 9.59 Å². The predicted octanol–water partition coefficient (Wildman–Crippen LogP) is 4.10. The highest BCUT2D eigenvalue weighted by Crippen LogP contribution is 2.37. The first kappa shape index (κ1) is 26.7. The molecule has 0 saturated carbocycles. The molecule has 2 atom stereocenters. The van der Waals surface area contributed by atoms with Crippen molar-refractivity contribution in [2.24, 2.45) is 5.92 Å². The van der Waals surface area contributed by atoms with Crippen LogP contribution in [-0.4, -0.2) is 35.5 Å². The van der Waals surface area contributed by atoms with Gasteiger partial charge >= 0.3 is 11.6 Å². The molecule has 3 N–H and O–H groups in total. The summed E-state index contributed by atoms with van der Waals surface area (Å²) in [6.45, 7) is 6.77. The number of benzene rings is 2. The largest absolute Gasteiger partial charge is 0.480 e. The molecule has 0 unspecified atom stereocenters. The average Bonchev–Trinajstić information content (AvgIpc) is 3.21. The number of aliphatic carboxylic acids is 1. The summed E-state index contributed by atoms with van der Waals surface area (Å²) in [5.41, 5.74) is 3.00. The number of carboxylic acid groups (broad SMARTS) is 1. The molecule has 9 nitrogen and oxygen atoms in total. The number of carboxylic acids is 1. The smallest absolute Gasteiger partial charge is 0.340 e. The molecule has 2 aromatic carbocycles. The van der Waals surface area contributed by atoms with E-state index in [-0.39, 0.29) is 17.9 Å². The van der Waals surface area contributed by atoms with Crippen LogP contribution in [-0.2, 0) is 20.8 Å². The van der Waals surface area contributed by atoms with Crippen LogP contribution < -0.4 is 16.3 Å². The molecule has 0 aliphatic heterocycles. The van der Waals surface area contributed by atoms with Gasteiger partial charge in [-0.05, 0) is 37.0 Å². The average molecular weight is 519 g/mol. The minimum atomic E-state index is -1.14. The molecule has 2 aromatic heterocycles. The van der Waals surface area contributed by atoms with Gasteiger partial charge in [0.25, 0.3) is 0 Å². The standard InChI is InChI=1S/C29H30N2O7/c1-5-15(2)27(28(34)35)31-25(33)14-30-24(32)12-20-16(3)19-11-21-23(13-22(19)38-29(20)36)37-17(4)26(21)18-9-7-6-8-10-18/h6-11,13,15,27H,5,12,14H2,1-4H3,(H,30,32)(H,31,33)(H,34,35)/t15-,27+/m1/s1. The Hall–Kier alpha value is -4.40. The van der Waals surface area contributed by atoms with E-state index in [0.717, 1.165) is 22.3 Å². The fraction of sp³-hybridized carbons (Fsp3) is 0.310. The van der Waals surface area contributed by atoms with Gasteiger partial charge in [0.15, 0.2) is 0 Å². The summed E-state index contributed by atoms with van der Waals surface area (Å²) in [5.74, 6) is -1.86. The van der Waals surface area contributed by atoms with E-state index in [1.807, 2.05) is 50.2 Å². The first-order chi connectivity index (χ1) is 18.1. The molecular weight excluding hydrogens is 488 g/mol. The van der Waals surface area contributed by atoms with E-state index in [1.54, 1.807) is 19.9 Å². The lowest BCUT2D eigenvalue weighted by Crippen LogP contribution is -2.48. The Morgan fingerprint density at radius 2 is 1.66 bits per heavy atom. The lowest BCUT2D eigenvalue weighted by atomic mass is 9.98. The molecule has 0 radical (unpaired) electrons. The van der Waals surface area contributed by atoms with Crippen LogP contribution in [0.15, 0.2) is 56.1 Å². The number of aryl methyl sites for hydroxylation is 2. The van der Waals surface area contributed by atoms with Crippen molar-refractivity contribution in [3.8, 4) is 11.1 Å². The molecule has 0 aliphatic carbocycles. The second-order valence-corrected chi connectivity index (χ2v) is 9.46. The van der Waals surface area contributed by atoms with Crippen LogP contribution in [0.4, 0.5) is 0 Å². The molecule has 38 heavy (non-hydrogen) atoms. The Kier molecular flexibility index (Phi) is 7.66. The van der Waals surface area contributed by atoms with E-state index in [9.17, 15) is 24.3 Å². The van der Waals surface area contributed by atoms with E-state index >= 15 is 0 Å². The van der Waals surface area contributed by atoms with Crippen LogP contribution in [0.25, 0.3) is 33.1 Å².